The van der Waals surface area contributed by atoms with Crippen LogP contribution in [0.2, 0.25) is 0 Å². The first-order valence-electron chi connectivity index (χ1n) is 10.1. The maximum atomic E-state index is 13.2. The minimum Gasteiger partial charge on any atom is -0.490 e. The van der Waals surface area contributed by atoms with Gasteiger partial charge in [0.2, 0.25) is 5.91 Å². The number of aryl methyl sites for hydroxylation is 2. The van der Waals surface area contributed by atoms with Crippen molar-refractivity contribution in [3.63, 3.8) is 0 Å². The highest BCUT2D eigenvalue weighted by atomic mass is 32.2. The summed E-state index contributed by atoms with van der Waals surface area (Å²) in [6, 6.07) is 10.1. The van der Waals surface area contributed by atoms with Crippen LogP contribution in [-0.4, -0.2) is 27.5 Å². The third kappa shape index (κ3) is 4.46. The lowest BCUT2D eigenvalue weighted by Gasteiger charge is -2.29. The van der Waals surface area contributed by atoms with Crippen molar-refractivity contribution >= 4 is 27.3 Å². The van der Waals surface area contributed by atoms with Crippen molar-refractivity contribution in [3.05, 3.63) is 47.5 Å². The second kappa shape index (κ2) is 7.95. The van der Waals surface area contributed by atoms with Gasteiger partial charge in [-0.3, -0.25) is 9.52 Å². The maximum Gasteiger partial charge on any atom is 0.261 e. The molecule has 3 rings (SSSR count). The van der Waals surface area contributed by atoms with Gasteiger partial charge in [0.05, 0.1) is 21.7 Å². The van der Waals surface area contributed by atoms with Crippen LogP contribution < -0.4 is 14.4 Å². The Kier molecular flexibility index (Phi) is 5.87. The maximum absolute atomic E-state index is 13.2. The summed E-state index contributed by atoms with van der Waals surface area (Å²) >= 11 is 0. The number of carbonyl (C=O) groups excluding carboxylic acids is 1. The van der Waals surface area contributed by atoms with Crippen LogP contribution in [0.3, 0.4) is 0 Å². The van der Waals surface area contributed by atoms with Crippen molar-refractivity contribution in [3.8, 4) is 5.75 Å². The van der Waals surface area contributed by atoms with Crippen molar-refractivity contribution < 1.29 is 17.9 Å². The average Bonchev–Trinajstić information content (AvgIpc) is 2.74. The molecule has 1 aliphatic rings. The molecule has 0 aromatic heterocycles. The van der Waals surface area contributed by atoms with E-state index in [2.05, 4.69) is 4.72 Å². The largest absolute Gasteiger partial charge is 0.490 e. The van der Waals surface area contributed by atoms with Crippen LogP contribution in [0.1, 0.15) is 38.8 Å². The number of amides is 1. The first kappa shape index (κ1) is 22.2. The van der Waals surface area contributed by atoms with Gasteiger partial charge in [0.25, 0.3) is 10.0 Å². The number of nitrogens with zero attached hydrogens (tertiary/aromatic N) is 1. The molecule has 0 atom stereocenters. The lowest BCUT2D eigenvalue weighted by atomic mass is 9.92. The molecule has 6 nitrogen and oxygen atoms in total. The van der Waals surface area contributed by atoms with Gasteiger partial charge in [-0.15, -0.1) is 0 Å². The predicted octanol–water partition coefficient (Wildman–Crippen LogP) is 4.51. The molecular weight excluding hydrogens is 400 g/mol. The van der Waals surface area contributed by atoms with E-state index in [4.69, 9.17) is 4.74 Å². The number of anilines is 2. The summed E-state index contributed by atoms with van der Waals surface area (Å²) in [6.07, 6.45) is 0. The van der Waals surface area contributed by atoms with Crippen molar-refractivity contribution in [1.82, 2.24) is 0 Å². The molecule has 0 saturated heterocycles. The molecule has 1 aliphatic heterocycles. The summed E-state index contributed by atoms with van der Waals surface area (Å²) in [5.41, 5.74) is 2.23. The van der Waals surface area contributed by atoms with E-state index in [1.165, 1.54) is 0 Å². The zero-order chi connectivity index (χ0) is 22.3. The number of fused-ring (bicyclic) bond motifs is 1. The Morgan fingerprint density at radius 1 is 1.10 bits per heavy atom. The monoisotopic (exact) mass is 430 g/mol. The van der Waals surface area contributed by atoms with E-state index in [1.54, 1.807) is 41.3 Å². The SMILES string of the molecule is Cc1ccc(S(=O)(=O)Nc2ccc3c(c2)N(CC(C)C)C(=O)C(C)(C)CO3)cc1C. The standard InChI is InChI=1S/C23H30N2O4S/c1-15(2)13-25-20-12-18(8-10-21(20)29-14-23(5,6)22(25)26)24-30(27,28)19-9-7-16(3)17(4)11-19/h7-12,15,24H,13-14H2,1-6H3. The molecule has 1 amide bonds. The number of benzene rings is 2. The van der Waals surface area contributed by atoms with E-state index in [0.717, 1.165) is 11.1 Å². The Labute approximate surface area is 179 Å². The lowest BCUT2D eigenvalue weighted by Crippen LogP contribution is -2.43. The van der Waals surface area contributed by atoms with E-state index in [9.17, 15) is 13.2 Å². The Balaban J connectivity index is 2.00. The fourth-order valence-corrected chi connectivity index (χ4v) is 4.48. The molecule has 0 spiro atoms. The second-order valence-corrected chi connectivity index (χ2v) is 10.7. The van der Waals surface area contributed by atoms with Gasteiger partial charge in [-0.1, -0.05) is 19.9 Å². The molecule has 0 unspecified atom stereocenters. The van der Waals surface area contributed by atoms with Crippen molar-refractivity contribution in [1.29, 1.82) is 0 Å². The Hall–Kier alpha value is -2.54. The van der Waals surface area contributed by atoms with E-state index in [0.29, 0.717) is 23.7 Å². The molecule has 2 aromatic rings. The highest BCUT2D eigenvalue weighted by molar-refractivity contribution is 7.92. The molecule has 7 heteroatoms. The number of hydrogen-bond donors (Lipinski definition) is 1. The summed E-state index contributed by atoms with van der Waals surface area (Å²) in [5.74, 6) is 0.777. The topological polar surface area (TPSA) is 75.7 Å². The second-order valence-electron chi connectivity index (χ2n) is 9.02. The lowest BCUT2D eigenvalue weighted by molar-refractivity contribution is -0.127. The molecule has 0 radical (unpaired) electrons. The summed E-state index contributed by atoms with van der Waals surface area (Å²) in [7, 11) is -3.76. The molecule has 0 saturated carbocycles. The quantitative estimate of drug-likeness (QED) is 0.757. The van der Waals surface area contributed by atoms with Gasteiger partial charge in [0.1, 0.15) is 12.4 Å². The molecule has 1 heterocycles. The van der Waals surface area contributed by atoms with E-state index < -0.39 is 15.4 Å². The van der Waals surface area contributed by atoms with Gasteiger partial charge >= 0.3 is 0 Å². The van der Waals surface area contributed by atoms with Gasteiger partial charge in [0.15, 0.2) is 0 Å². The van der Waals surface area contributed by atoms with Crippen LogP contribution in [0.25, 0.3) is 0 Å². The van der Waals surface area contributed by atoms with Crippen LogP contribution >= 0.6 is 0 Å². The Morgan fingerprint density at radius 3 is 2.43 bits per heavy atom. The normalized spacial score (nSPS) is 16.1. The molecule has 0 bridgehead atoms. The van der Waals surface area contributed by atoms with E-state index in [-0.39, 0.29) is 23.3 Å². The molecule has 1 N–H and O–H groups in total. The van der Waals surface area contributed by atoms with Gasteiger partial charge in [-0.25, -0.2) is 8.42 Å². The van der Waals surface area contributed by atoms with Crippen molar-refractivity contribution in [2.75, 3.05) is 22.8 Å². The van der Waals surface area contributed by atoms with Gasteiger partial charge in [0, 0.05) is 6.54 Å². The van der Waals surface area contributed by atoms with Gasteiger partial charge in [-0.2, -0.15) is 0 Å². The fraction of sp³-hybridized carbons (Fsp3) is 0.435. The number of rotatable bonds is 5. The van der Waals surface area contributed by atoms with E-state index in [1.807, 2.05) is 41.5 Å². The molecule has 2 aromatic carbocycles. The summed E-state index contributed by atoms with van der Waals surface area (Å²) in [4.78, 5) is 15.1. The highest BCUT2D eigenvalue weighted by Crippen LogP contribution is 2.39. The number of ether oxygens (including phenoxy) is 1. The fourth-order valence-electron chi connectivity index (χ4n) is 3.35. The van der Waals surface area contributed by atoms with Crippen LogP contribution in [0.4, 0.5) is 11.4 Å². The third-order valence-corrected chi connectivity index (χ3v) is 6.63. The number of sulfonamides is 1. The van der Waals surface area contributed by atoms with Crippen molar-refractivity contribution in [2.24, 2.45) is 11.3 Å². The van der Waals surface area contributed by atoms with Crippen LogP contribution in [0.15, 0.2) is 41.3 Å². The molecule has 0 aliphatic carbocycles. The molecular formula is C23H30N2O4S. The molecule has 162 valence electrons. The first-order valence-corrected chi connectivity index (χ1v) is 11.6. The summed E-state index contributed by atoms with van der Waals surface area (Å²) < 4.78 is 34.4. The number of hydrogen-bond acceptors (Lipinski definition) is 4. The molecule has 0 fully saturated rings. The Bertz CT molecular complexity index is 1070. The van der Waals surface area contributed by atoms with Crippen LogP contribution in [-0.2, 0) is 14.8 Å². The summed E-state index contributed by atoms with van der Waals surface area (Å²) in [5, 5.41) is 0. The number of carbonyl (C=O) groups is 1. The predicted molar refractivity (Wildman–Crippen MR) is 120 cm³/mol. The first-order chi connectivity index (χ1) is 13.9. The van der Waals surface area contributed by atoms with Crippen LogP contribution in [0.5, 0.6) is 5.75 Å². The van der Waals surface area contributed by atoms with E-state index >= 15 is 0 Å². The number of nitrogens with one attached hydrogen (secondary N) is 1. The highest BCUT2D eigenvalue weighted by Gasteiger charge is 2.38. The summed E-state index contributed by atoms with van der Waals surface area (Å²) in [6.45, 7) is 12.4. The smallest absolute Gasteiger partial charge is 0.261 e. The van der Waals surface area contributed by atoms with Crippen LogP contribution in [0, 0.1) is 25.2 Å². The minimum absolute atomic E-state index is 0.0379. The minimum atomic E-state index is -3.76. The van der Waals surface area contributed by atoms with Crippen molar-refractivity contribution in [2.45, 2.75) is 46.4 Å². The zero-order valence-electron chi connectivity index (χ0n) is 18.4. The third-order valence-electron chi connectivity index (χ3n) is 5.25. The average molecular weight is 431 g/mol. The zero-order valence-corrected chi connectivity index (χ0v) is 19.3. The van der Waals surface area contributed by atoms with Gasteiger partial charge in [-0.05, 0) is 75.1 Å². The van der Waals surface area contributed by atoms with Gasteiger partial charge < -0.3 is 9.64 Å². The molecule has 30 heavy (non-hydrogen) atoms. The Morgan fingerprint density at radius 2 is 1.80 bits per heavy atom.